The molecular formula is C21H25ClN6OS2. The molecule has 0 saturated heterocycles. The molecule has 7 nitrogen and oxygen atoms in total. The van der Waals surface area contributed by atoms with E-state index in [1.807, 2.05) is 23.4 Å². The zero-order chi connectivity index (χ0) is 22.0. The van der Waals surface area contributed by atoms with Crippen LogP contribution in [-0.4, -0.2) is 39.0 Å². The maximum Gasteiger partial charge on any atom is 0.190 e. The second-order valence-corrected chi connectivity index (χ2v) is 9.71. The Bertz CT molecular complexity index is 1010. The van der Waals surface area contributed by atoms with Gasteiger partial charge in [0.2, 0.25) is 0 Å². The number of nitrogens with zero attached hydrogens (tertiary/aromatic N) is 4. The Morgan fingerprint density at radius 1 is 1.26 bits per heavy atom. The largest absolute Gasteiger partial charge is 0.461 e. The van der Waals surface area contributed by atoms with Gasteiger partial charge in [0.15, 0.2) is 16.8 Å². The maximum atomic E-state index is 5.95. The molecule has 164 valence electrons. The van der Waals surface area contributed by atoms with Crippen LogP contribution in [0, 0.1) is 5.92 Å². The number of halogens is 1. The van der Waals surface area contributed by atoms with Crippen molar-refractivity contribution < 1.29 is 4.74 Å². The minimum absolute atomic E-state index is 0.0127. The van der Waals surface area contributed by atoms with Gasteiger partial charge in [0.05, 0.1) is 5.56 Å². The van der Waals surface area contributed by atoms with Crippen LogP contribution in [0.1, 0.15) is 32.8 Å². The van der Waals surface area contributed by atoms with Crippen molar-refractivity contribution in [2.75, 3.05) is 17.3 Å². The van der Waals surface area contributed by atoms with Gasteiger partial charge in [-0.3, -0.25) is 5.43 Å². The number of aliphatic imine (C=N–C) groups is 1. The standard InChI is InChI=1S/C21H25ClN6OS2/c1-5-10-31-21-25-17-16(20(26-21)30-4)19-23-15(27-28(19)18(24-17)12(2)3)11-29-14-8-6-13(22)7-9-14/h6-9,11-12,18,27H,5,10H2,1-4H3,(H,24,25,26). The third-order valence-electron chi connectivity index (χ3n) is 4.71. The van der Waals surface area contributed by atoms with Gasteiger partial charge in [-0.25, -0.2) is 20.0 Å². The molecule has 2 aliphatic rings. The lowest BCUT2D eigenvalue weighted by Crippen LogP contribution is -2.55. The molecule has 2 aromatic rings. The quantitative estimate of drug-likeness (QED) is 0.244. The summed E-state index contributed by atoms with van der Waals surface area (Å²) in [4.78, 5) is 14.4. The molecule has 0 saturated carbocycles. The Morgan fingerprint density at radius 3 is 2.71 bits per heavy atom. The number of rotatable bonds is 7. The van der Waals surface area contributed by atoms with Gasteiger partial charge in [-0.05, 0) is 42.9 Å². The van der Waals surface area contributed by atoms with E-state index >= 15 is 0 Å². The predicted octanol–water partition coefficient (Wildman–Crippen LogP) is 5.21. The molecule has 0 bridgehead atoms. The topological polar surface area (TPSA) is 74.7 Å². The summed E-state index contributed by atoms with van der Waals surface area (Å²) in [5.74, 6) is 4.23. The van der Waals surface area contributed by atoms with Crippen molar-refractivity contribution in [2.45, 2.75) is 43.5 Å². The van der Waals surface area contributed by atoms with Gasteiger partial charge >= 0.3 is 0 Å². The number of hydrazine groups is 1. The van der Waals surface area contributed by atoms with E-state index in [1.165, 1.54) is 0 Å². The number of fused-ring (bicyclic) bond motifs is 3. The van der Waals surface area contributed by atoms with Crippen molar-refractivity contribution in [2.24, 2.45) is 10.9 Å². The number of amidine groups is 1. The molecule has 0 radical (unpaired) electrons. The van der Waals surface area contributed by atoms with Gasteiger partial charge < -0.3 is 10.1 Å². The molecule has 31 heavy (non-hydrogen) atoms. The Hall–Kier alpha value is -2.10. The molecule has 3 heterocycles. The number of benzene rings is 1. The molecule has 1 aromatic heterocycles. The summed E-state index contributed by atoms with van der Waals surface area (Å²) in [7, 11) is 0. The van der Waals surface area contributed by atoms with Crippen LogP contribution < -0.4 is 15.5 Å². The van der Waals surface area contributed by atoms with E-state index in [4.69, 9.17) is 31.3 Å². The van der Waals surface area contributed by atoms with Gasteiger partial charge in [-0.2, -0.15) is 0 Å². The number of thioether (sulfide) groups is 2. The molecule has 10 heteroatoms. The summed E-state index contributed by atoms with van der Waals surface area (Å²) in [5.41, 5.74) is 4.26. The molecule has 1 aromatic carbocycles. The maximum absolute atomic E-state index is 5.95. The van der Waals surface area contributed by atoms with Crippen LogP contribution in [0.5, 0.6) is 5.75 Å². The molecule has 2 N–H and O–H groups in total. The average molecular weight is 477 g/mol. The summed E-state index contributed by atoms with van der Waals surface area (Å²) in [6.45, 7) is 6.49. The number of nitrogens with one attached hydrogen (secondary N) is 2. The number of anilines is 1. The Morgan fingerprint density at radius 2 is 2.03 bits per heavy atom. The van der Waals surface area contributed by atoms with E-state index in [0.29, 0.717) is 22.5 Å². The number of hydrogen-bond acceptors (Lipinski definition) is 9. The normalized spacial score (nSPS) is 18.4. The lowest BCUT2D eigenvalue weighted by Gasteiger charge is -2.38. The second kappa shape index (κ2) is 9.58. The summed E-state index contributed by atoms with van der Waals surface area (Å²) >= 11 is 9.23. The molecular weight excluding hydrogens is 452 g/mol. The second-order valence-electron chi connectivity index (χ2n) is 7.41. The highest BCUT2D eigenvalue weighted by Crippen LogP contribution is 2.36. The fourth-order valence-electron chi connectivity index (χ4n) is 3.24. The Balaban J connectivity index is 1.69. The first-order valence-corrected chi connectivity index (χ1v) is 12.7. The third kappa shape index (κ3) is 4.73. The molecule has 1 unspecified atom stereocenters. The summed E-state index contributed by atoms with van der Waals surface area (Å²) < 4.78 is 5.78. The van der Waals surface area contributed by atoms with E-state index in [-0.39, 0.29) is 6.17 Å². The predicted molar refractivity (Wildman–Crippen MR) is 129 cm³/mol. The van der Waals surface area contributed by atoms with Crippen LogP contribution in [0.4, 0.5) is 5.82 Å². The van der Waals surface area contributed by atoms with Gasteiger partial charge in [0, 0.05) is 10.8 Å². The smallest absolute Gasteiger partial charge is 0.190 e. The van der Waals surface area contributed by atoms with E-state index in [1.54, 1.807) is 41.9 Å². The van der Waals surface area contributed by atoms with Crippen LogP contribution >= 0.6 is 35.1 Å². The van der Waals surface area contributed by atoms with Gasteiger partial charge in [-0.15, -0.1) is 11.8 Å². The van der Waals surface area contributed by atoms with E-state index in [2.05, 4.69) is 31.5 Å². The zero-order valence-electron chi connectivity index (χ0n) is 17.8. The van der Waals surface area contributed by atoms with Crippen LogP contribution in [0.25, 0.3) is 0 Å². The third-order valence-corrected chi connectivity index (χ3v) is 6.70. The van der Waals surface area contributed by atoms with Crippen molar-refractivity contribution in [1.29, 1.82) is 0 Å². The summed E-state index contributed by atoms with van der Waals surface area (Å²) in [6.07, 6.45) is 4.70. The molecule has 0 spiro atoms. The van der Waals surface area contributed by atoms with Gasteiger partial charge in [-0.1, -0.05) is 44.1 Å². The fourth-order valence-corrected chi connectivity index (χ4v) is 4.69. The molecule has 2 aliphatic heterocycles. The van der Waals surface area contributed by atoms with E-state index in [0.717, 1.165) is 39.6 Å². The Labute approximate surface area is 196 Å². The SMILES string of the molecule is CCCSc1nc2c(c(SC)n1)C1=NC(=COc3ccc(Cl)cc3)NN1C(C(C)C)N2. The molecule has 0 aliphatic carbocycles. The minimum atomic E-state index is -0.0127. The van der Waals surface area contributed by atoms with Crippen molar-refractivity contribution >= 4 is 46.8 Å². The fraction of sp³-hybridized carbons (Fsp3) is 0.381. The molecule has 1 atom stereocenters. The van der Waals surface area contributed by atoms with Crippen LogP contribution in [0.15, 0.2) is 51.5 Å². The lowest BCUT2D eigenvalue weighted by molar-refractivity contribution is 0.231. The summed E-state index contributed by atoms with van der Waals surface area (Å²) in [6, 6.07) is 7.21. The molecule has 0 fully saturated rings. The summed E-state index contributed by atoms with van der Waals surface area (Å²) in [5, 5.41) is 7.98. The highest BCUT2D eigenvalue weighted by molar-refractivity contribution is 7.99. The monoisotopic (exact) mass is 476 g/mol. The highest BCUT2D eigenvalue weighted by atomic mass is 35.5. The van der Waals surface area contributed by atoms with Crippen LogP contribution in [0.2, 0.25) is 5.02 Å². The van der Waals surface area contributed by atoms with Crippen LogP contribution in [-0.2, 0) is 0 Å². The molecule has 0 amide bonds. The van der Waals surface area contributed by atoms with Crippen molar-refractivity contribution in [3.05, 3.63) is 46.9 Å². The molecule has 4 rings (SSSR count). The number of aromatic nitrogens is 2. The number of hydrogen-bond donors (Lipinski definition) is 2. The first-order chi connectivity index (χ1) is 15.0. The average Bonchev–Trinajstić information content (AvgIpc) is 3.19. The first kappa shape index (κ1) is 22.1. The minimum Gasteiger partial charge on any atom is -0.461 e. The first-order valence-electron chi connectivity index (χ1n) is 10.1. The van der Waals surface area contributed by atoms with E-state index in [9.17, 15) is 0 Å². The van der Waals surface area contributed by atoms with Crippen molar-refractivity contribution in [1.82, 2.24) is 20.4 Å². The van der Waals surface area contributed by atoms with Gasteiger partial charge in [0.1, 0.15) is 29.0 Å². The Kier molecular flexibility index (Phi) is 6.83. The highest BCUT2D eigenvalue weighted by Gasteiger charge is 2.39. The zero-order valence-corrected chi connectivity index (χ0v) is 20.2. The van der Waals surface area contributed by atoms with Gasteiger partial charge in [0.25, 0.3) is 0 Å². The lowest BCUT2D eigenvalue weighted by atomic mass is 10.1. The van der Waals surface area contributed by atoms with E-state index < -0.39 is 0 Å². The van der Waals surface area contributed by atoms with Crippen LogP contribution in [0.3, 0.4) is 0 Å². The van der Waals surface area contributed by atoms with Crippen molar-refractivity contribution in [3.63, 3.8) is 0 Å². The number of ether oxygens (including phenoxy) is 1. The van der Waals surface area contributed by atoms with Crippen molar-refractivity contribution in [3.8, 4) is 5.75 Å².